The first-order valence-electron chi connectivity index (χ1n) is 26.2. The number of carbonyl (C=O) groups is 4. The van der Waals surface area contributed by atoms with E-state index in [9.17, 15) is 24.3 Å². The van der Waals surface area contributed by atoms with Crippen LogP contribution in [0.4, 0.5) is 5.69 Å². The number of allylic oxidation sites excluding steroid dienone is 1. The highest BCUT2D eigenvalue weighted by atomic mass is 16.5. The lowest BCUT2D eigenvalue weighted by Gasteiger charge is -2.63. The molecule has 10 atom stereocenters. The number of aliphatic hydroxyl groups excluding tert-OH is 1. The summed E-state index contributed by atoms with van der Waals surface area (Å²) in [6.07, 6.45) is 18.3. The number of rotatable bonds is 23. The molecule has 0 spiro atoms. The molecule has 0 radical (unpaired) electrons. The molecule has 0 unspecified atom stereocenters. The van der Waals surface area contributed by atoms with E-state index in [2.05, 4.69) is 68.9 Å². The van der Waals surface area contributed by atoms with E-state index in [-0.39, 0.29) is 49.2 Å². The molecule has 10 heteroatoms. The molecule has 5 N–H and O–H groups in total. The number of nitrogens with one attached hydrogen (secondary N) is 4. The van der Waals surface area contributed by atoms with Gasteiger partial charge in [-0.2, -0.15) is 0 Å². The zero-order valence-electron chi connectivity index (χ0n) is 42.4. The van der Waals surface area contributed by atoms with Gasteiger partial charge in [-0.05, 0) is 139 Å². The highest BCUT2D eigenvalue weighted by Gasteiger charge is 2.64. The molecule has 2 aromatic rings. The van der Waals surface area contributed by atoms with Crippen LogP contribution in [0.5, 0.6) is 0 Å². The Labute approximate surface area is 403 Å². The molecular weight excluding hydrogens is 837 g/mol. The summed E-state index contributed by atoms with van der Waals surface area (Å²) >= 11 is 0. The van der Waals surface area contributed by atoms with E-state index in [1.165, 1.54) is 57.8 Å². The van der Waals surface area contributed by atoms with E-state index >= 15 is 0 Å². The lowest BCUT2D eigenvalue weighted by molar-refractivity contribution is -0.132. The maximum absolute atomic E-state index is 13.8. The van der Waals surface area contributed by atoms with E-state index in [1.807, 2.05) is 44.2 Å². The highest BCUT2D eigenvalue weighted by Crippen LogP contribution is 2.72. The molecule has 0 aromatic heterocycles. The van der Waals surface area contributed by atoms with Crippen molar-refractivity contribution >= 4 is 29.3 Å². The number of benzene rings is 2. The van der Waals surface area contributed by atoms with Crippen LogP contribution in [-0.4, -0.2) is 60.1 Å². The molecule has 3 saturated carbocycles. The third-order valence-corrected chi connectivity index (χ3v) is 17.1. The monoisotopic (exact) mass is 923 g/mol. The minimum Gasteiger partial charge on any atom is -0.392 e. The fourth-order valence-electron chi connectivity index (χ4n) is 13.5. The molecule has 3 fully saturated rings. The Morgan fingerprint density at radius 3 is 2.16 bits per heavy atom. The summed E-state index contributed by atoms with van der Waals surface area (Å²) in [4.78, 5) is 53.3. The average molecular weight is 923 g/mol. The number of aliphatic hydroxyl groups is 1. The van der Waals surface area contributed by atoms with Crippen LogP contribution in [0.2, 0.25) is 0 Å². The fourth-order valence-corrected chi connectivity index (χ4v) is 13.5. The molecule has 0 aliphatic heterocycles. The van der Waals surface area contributed by atoms with Crippen molar-refractivity contribution in [1.82, 2.24) is 16.0 Å². The Morgan fingerprint density at radius 1 is 0.731 bits per heavy atom. The first-order valence-corrected chi connectivity index (χ1v) is 26.2. The topological polar surface area (TPSA) is 146 Å². The maximum Gasteiger partial charge on any atom is 0.247 e. The van der Waals surface area contributed by atoms with Crippen molar-refractivity contribution in [2.24, 2.45) is 51.8 Å². The molecule has 2 aromatic carbocycles. The summed E-state index contributed by atoms with van der Waals surface area (Å²) in [6, 6.07) is 14.5. The van der Waals surface area contributed by atoms with Crippen molar-refractivity contribution in [2.45, 2.75) is 183 Å². The first-order chi connectivity index (χ1) is 31.9. The van der Waals surface area contributed by atoms with Crippen LogP contribution in [0, 0.1) is 51.8 Å². The zero-order valence-corrected chi connectivity index (χ0v) is 42.4. The number of fused-ring (bicyclic) bond motifs is 5. The molecule has 4 aliphatic rings. The Bertz CT molecular complexity index is 1980. The molecule has 0 bridgehead atoms. The van der Waals surface area contributed by atoms with Gasteiger partial charge in [-0.25, -0.2) is 0 Å². The van der Waals surface area contributed by atoms with Gasteiger partial charge in [-0.3, -0.25) is 19.2 Å². The van der Waals surface area contributed by atoms with Crippen LogP contribution in [0.15, 0.2) is 66.2 Å². The third-order valence-electron chi connectivity index (χ3n) is 17.1. The van der Waals surface area contributed by atoms with Crippen molar-refractivity contribution in [3.8, 4) is 0 Å². The number of hydrogen-bond donors (Lipinski definition) is 5. The molecule has 370 valence electrons. The molecule has 0 saturated heterocycles. The molecule has 0 heterocycles. The number of hydrogen-bond acceptors (Lipinski definition) is 6. The van der Waals surface area contributed by atoms with Gasteiger partial charge in [0.25, 0.3) is 0 Å². The van der Waals surface area contributed by atoms with Gasteiger partial charge in [0.1, 0.15) is 12.1 Å². The second-order valence-electron chi connectivity index (χ2n) is 22.8. The van der Waals surface area contributed by atoms with Crippen molar-refractivity contribution < 1.29 is 29.0 Å². The summed E-state index contributed by atoms with van der Waals surface area (Å²) < 4.78 is 6.47. The number of ether oxygens (including phenoxy) is 1. The first kappa shape index (κ1) is 52.4. The van der Waals surface area contributed by atoms with Crippen LogP contribution in [0.25, 0.3) is 0 Å². The average Bonchev–Trinajstić information content (AvgIpc) is 3.66. The van der Waals surface area contributed by atoms with E-state index < -0.39 is 29.8 Å². The molecule has 10 nitrogen and oxygen atoms in total. The Morgan fingerprint density at radius 2 is 1.46 bits per heavy atom. The predicted octanol–water partition coefficient (Wildman–Crippen LogP) is 10.5. The second kappa shape index (κ2) is 23.5. The summed E-state index contributed by atoms with van der Waals surface area (Å²) in [5, 5.41) is 21.0. The number of carbonyl (C=O) groups excluding carboxylic acids is 4. The minimum absolute atomic E-state index is 0.00422. The van der Waals surface area contributed by atoms with Crippen LogP contribution >= 0.6 is 0 Å². The largest absolute Gasteiger partial charge is 0.392 e. The summed E-state index contributed by atoms with van der Waals surface area (Å²) in [6.45, 7) is 20.1. The van der Waals surface area contributed by atoms with Gasteiger partial charge in [0, 0.05) is 38.1 Å². The second-order valence-corrected chi connectivity index (χ2v) is 22.8. The van der Waals surface area contributed by atoms with Crippen LogP contribution in [0.1, 0.15) is 163 Å². The van der Waals surface area contributed by atoms with Crippen LogP contribution < -0.4 is 21.3 Å². The molecule has 67 heavy (non-hydrogen) atoms. The van der Waals surface area contributed by atoms with Gasteiger partial charge in [-0.15, -0.1) is 0 Å². The van der Waals surface area contributed by atoms with Crippen LogP contribution in [-0.2, 0) is 36.9 Å². The van der Waals surface area contributed by atoms with Gasteiger partial charge >= 0.3 is 0 Å². The smallest absolute Gasteiger partial charge is 0.247 e. The fraction of sp³-hybridized carbons (Fsp3) is 0.684. The molecule has 4 amide bonds. The lowest BCUT2D eigenvalue weighted by atomic mass is 9.41. The van der Waals surface area contributed by atoms with Gasteiger partial charge in [0.05, 0.1) is 12.7 Å². The van der Waals surface area contributed by atoms with Gasteiger partial charge < -0.3 is 31.1 Å². The summed E-state index contributed by atoms with van der Waals surface area (Å²) in [7, 11) is 0. The van der Waals surface area contributed by atoms with Gasteiger partial charge in [-0.1, -0.05) is 129 Å². The number of amides is 4. The van der Waals surface area contributed by atoms with E-state index in [4.69, 9.17) is 4.74 Å². The number of anilines is 1. The lowest BCUT2D eigenvalue weighted by Crippen LogP contribution is -2.56. The van der Waals surface area contributed by atoms with Gasteiger partial charge in [0.15, 0.2) is 0 Å². The van der Waals surface area contributed by atoms with Crippen molar-refractivity contribution in [3.05, 3.63) is 77.4 Å². The molecule has 6 rings (SSSR count). The van der Waals surface area contributed by atoms with E-state index in [0.717, 1.165) is 48.0 Å². The third kappa shape index (κ3) is 13.2. The molecule has 4 aliphatic carbocycles. The Kier molecular flexibility index (Phi) is 18.4. The Hall–Kier alpha value is -4.02. The highest BCUT2D eigenvalue weighted by molar-refractivity contribution is 5.98. The normalized spacial score (nSPS) is 28.0. The minimum atomic E-state index is -0.917. The van der Waals surface area contributed by atoms with E-state index in [0.29, 0.717) is 48.1 Å². The summed E-state index contributed by atoms with van der Waals surface area (Å²) in [5.74, 6) is 2.63. The Balaban J connectivity index is 0.924. The quantitative estimate of drug-likeness (QED) is 0.0554. The summed E-state index contributed by atoms with van der Waals surface area (Å²) in [5.41, 5.74) is 4.84. The van der Waals surface area contributed by atoms with Gasteiger partial charge in [0.2, 0.25) is 23.6 Å². The van der Waals surface area contributed by atoms with Crippen molar-refractivity contribution in [3.63, 3.8) is 0 Å². The van der Waals surface area contributed by atoms with Crippen molar-refractivity contribution in [1.29, 1.82) is 0 Å². The zero-order chi connectivity index (χ0) is 48.4. The van der Waals surface area contributed by atoms with Crippen LogP contribution in [0.3, 0.4) is 0 Å². The SMILES string of the molecule is CC(C)CCC[C@@H](C)[C@H]1CC[C@@H]2[C@]1(C)CC[C@H]1[C@@]2(C)CC=C2C[C@@H](OCCCNC(=O)CCC(=O)N[C@@H](CC(C)C)C(=O)N[C@@H](Cc3ccccc3)C(=O)Nc3ccc(CO)cc3)CC[C@@]21C. The van der Waals surface area contributed by atoms with Crippen molar-refractivity contribution in [2.75, 3.05) is 18.5 Å². The molecular formula is C57H86N4O6. The van der Waals surface area contributed by atoms with E-state index in [1.54, 1.807) is 29.8 Å². The standard InChI is InChI=1S/C57H86N4O6/c1-38(2)14-12-15-40(5)46-22-23-49-56(46,7)31-28-50-55(6)30-27-45(36-43(55)26-29-57(49,50)8)67-33-13-32-58-51(63)24-25-52(64)60-47(34-39(3)4)54(66)61-48(35-41-16-10-9-11-17-41)53(65)59-44-20-18-42(37-62)19-21-44/h9-11,16-21,26,38-40,45-50,62H,12-15,22-25,27-37H2,1-8H3,(H,58,63)(H,59,65)(H,60,64)(H,61,66)/t40-,45+,46-,47+,48+,49-,50-,55+,56-,57+/m1/s1. The predicted molar refractivity (Wildman–Crippen MR) is 269 cm³/mol. The maximum atomic E-state index is 13.8.